The molecule has 1 rings (SSSR count). The Bertz CT molecular complexity index is 629. The molecule has 0 bridgehead atoms. The van der Waals surface area contributed by atoms with Crippen LogP contribution in [0, 0.1) is 0 Å². The van der Waals surface area contributed by atoms with Crippen LogP contribution in [0.15, 0.2) is 23.5 Å². The van der Waals surface area contributed by atoms with E-state index >= 15 is 0 Å². The Morgan fingerprint density at radius 3 is 2.29 bits per heavy atom. The lowest BCUT2D eigenvalue weighted by Crippen LogP contribution is -2.11. The molecule has 0 atom stereocenters. The molecule has 0 unspecified atom stereocenters. The van der Waals surface area contributed by atoms with Gasteiger partial charge in [-0.3, -0.25) is 4.57 Å². The molecule has 0 amide bonds. The van der Waals surface area contributed by atoms with Gasteiger partial charge in [-0.25, -0.2) is 4.79 Å². The number of esters is 1. The minimum Gasteiger partial charge on any atom is -0.504 e. The number of benzene rings is 1. The maximum absolute atomic E-state index is 13.0. The van der Waals surface area contributed by atoms with Gasteiger partial charge < -0.3 is 23.6 Å². The summed E-state index contributed by atoms with van der Waals surface area (Å²) in [5, 5.41) is 9.44. The average molecular weight is 358 g/mol. The topological polar surface area (TPSA) is 91.3 Å². The summed E-state index contributed by atoms with van der Waals surface area (Å²) in [6, 6.07) is 4.44. The lowest BCUT2D eigenvalue weighted by molar-refractivity contribution is -0.137. The van der Waals surface area contributed by atoms with Gasteiger partial charge >= 0.3 is 13.6 Å². The summed E-state index contributed by atoms with van der Waals surface area (Å²) < 4.78 is 33.4. The summed E-state index contributed by atoms with van der Waals surface area (Å²) >= 11 is 0. The van der Waals surface area contributed by atoms with Crippen molar-refractivity contribution >= 4 is 19.6 Å². The second-order valence-electron chi connectivity index (χ2n) is 4.51. The van der Waals surface area contributed by atoms with E-state index in [4.69, 9.17) is 18.5 Å². The monoisotopic (exact) mass is 358 g/mol. The van der Waals surface area contributed by atoms with E-state index in [1.54, 1.807) is 26.8 Å². The number of hydrogen-bond donors (Lipinski definition) is 1. The first-order valence-electron chi connectivity index (χ1n) is 7.57. The molecule has 0 aromatic heterocycles. The normalized spacial score (nSPS) is 12.1. The summed E-state index contributed by atoms with van der Waals surface area (Å²) in [6.07, 6.45) is 1.35. The fourth-order valence-electron chi connectivity index (χ4n) is 1.91. The van der Waals surface area contributed by atoms with Gasteiger partial charge in [0.15, 0.2) is 11.5 Å². The van der Waals surface area contributed by atoms with E-state index in [0.29, 0.717) is 5.56 Å². The number of rotatable bonds is 9. The van der Waals surface area contributed by atoms with Crippen LogP contribution in [-0.2, 0) is 23.1 Å². The second kappa shape index (κ2) is 9.47. The third kappa shape index (κ3) is 5.09. The largest absolute Gasteiger partial charge is 0.504 e. The molecule has 0 fully saturated rings. The smallest absolute Gasteiger partial charge is 0.368 e. The predicted octanol–water partition coefficient (Wildman–Crippen LogP) is 3.57. The Kier molecular flexibility index (Phi) is 7.98. The Morgan fingerprint density at radius 1 is 1.17 bits per heavy atom. The Morgan fingerprint density at radius 2 is 1.79 bits per heavy atom. The maximum Gasteiger partial charge on any atom is 0.368 e. The van der Waals surface area contributed by atoms with Gasteiger partial charge in [0, 0.05) is 0 Å². The van der Waals surface area contributed by atoms with Crippen molar-refractivity contribution in [2.75, 3.05) is 26.9 Å². The number of methoxy groups -OCH3 is 1. The van der Waals surface area contributed by atoms with Crippen molar-refractivity contribution in [3.05, 3.63) is 29.1 Å². The molecule has 0 aliphatic rings. The second-order valence-corrected chi connectivity index (χ2v) is 6.51. The molecule has 1 aromatic carbocycles. The number of aromatic hydroxyl groups is 1. The lowest BCUT2D eigenvalue weighted by atomic mass is 10.2. The van der Waals surface area contributed by atoms with E-state index in [0.717, 1.165) is 0 Å². The van der Waals surface area contributed by atoms with Crippen molar-refractivity contribution < 1.29 is 33.0 Å². The number of phenols is 1. The molecule has 7 nitrogen and oxygen atoms in total. The van der Waals surface area contributed by atoms with Gasteiger partial charge in [-0.1, -0.05) is 6.07 Å². The van der Waals surface area contributed by atoms with Crippen LogP contribution >= 0.6 is 7.60 Å². The number of carbonyl (C=O) groups is 1. The molecule has 0 aliphatic heterocycles. The quantitative estimate of drug-likeness (QED) is 0.410. The highest BCUT2D eigenvalue weighted by Crippen LogP contribution is 2.57. The average Bonchev–Trinajstić information content (AvgIpc) is 2.54. The first kappa shape index (κ1) is 20.2. The first-order chi connectivity index (χ1) is 11.4. The number of ether oxygens (including phenoxy) is 2. The van der Waals surface area contributed by atoms with Crippen LogP contribution in [0.3, 0.4) is 0 Å². The third-order valence-corrected chi connectivity index (χ3v) is 4.98. The summed E-state index contributed by atoms with van der Waals surface area (Å²) in [7, 11) is -2.43. The minimum atomic E-state index is -3.83. The first-order valence-corrected chi connectivity index (χ1v) is 9.11. The SMILES string of the molecule is CCOC(=O)/C(=C\c1ccc(O)c(OC)c1)P(=O)(OCC)OCC. The van der Waals surface area contributed by atoms with Crippen molar-refractivity contribution in [3.8, 4) is 11.5 Å². The standard InChI is InChI=1S/C16H23O7P/c1-5-21-16(18)15(24(19,22-6-2)23-7-3)11-12-8-9-13(17)14(10-12)20-4/h8-11,17H,5-7H2,1-4H3/b15-11+. The van der Waals surface area contributed by atoms with Crippen molar-refractivity contribution in [1.82, 2.24) is 0 Å². The van der Waals surface area contributed by atoms with E-state index in [1.807, 2.05) is 0 Å². The highest BCUT2D eigenvalue weighted by Gasteiger charge is 2.36. The molecule has 0 saturated heterocycles. The van der Waals surface area contributed by atoms with Crippen LogP contribution in [0.5, 0.6) is 11.5 Å². The zero-order valence-corrected chi connectivity index (χ0v) is 15.2. The summed E-state index contributed by atoms with van der Waals surface area (Å²) in [5.41, 5.74) is 0.479. The molecule has 8 heteroatoms. The molecule has 134 valence electrons. The van der Waals surface area contributed by atoms with Crippen LogP contribution in [0.4, 0.5) is 0 Å². The van der Waals surface area contributed by atoms with E-state index in [9.17, 15) is 14.5 Å². The highest BCUT2D eigenvalue weighted by molar-refractivity contribution is 7.60. The number of phenolic OH excluding ortho intramolecular Hbond substituents is 1. The molecule has 0 spiro atoms. The molecule has 1 aromatic rings. The van der Waals surface area contributed by atoms with E-state index in [1.165, 1.54) is 25.3 Å². The zero-order valence-electron chi connectivity index (χ0n) is 14.3. The van der Waals surface area contributed by atoms with Crippen LogP contribution in [0.2, 0.25) is 0 Å². The van der Waals surface area contributed by atoms with Gasteiger partial charge in [0.25, 0.3) is 0 Å². The summed E-state index contributed by atoms with van der Waals surface area (Å²) in [6.45, 7) is 5.27. The summed E-state index contributed by atoms with van der Waals surface area (Å²) in [4.78, 5) is 12.3. The minimum absolute atomic E-state index is 0.0508. The van der Waals surface area contributed by atoms with Gasteiger partial charge in [-0.15, -0.1) is 0 Å². The van der Waals surface area contributed by atoms with Gasteiger partial charge in [-0.05, 0) is 44.5 Å². The lowest BCUT2D eigenvalue weighted by Gasteiger charge is -2.19. The molecular weight excluding hydrogens is 335 g/mol. The molecule has 0 aliphatic carbocycles. The van der Waals surface area contributed by atoms with Crippen molar-refractivity contribution in [2.45, 2.75) is 20.8 Å². The molecule has 1 N–H and O–H groups in total. The van der Waals surface area contributed by atoms with Gasteiger partial charge in [-0.2, -0.15) is 0 Å². The van der Waals surface area contributed by atoms with Gasteiger partial charge in [0.2, 0.25) is 0 Å². The summed E-state index contributed by atoms with van der Waals surface area (Å²) in [5.74, 6) is -0.616. The van der Waals surface area contributed by atoms with Gasteiger partial charge in [0.05, 0.1) is 26.9 Å². The maximum atomic E-state index is 13.0. The van der Waals surface area contributed by atoms with Crippen molar-refractivity contribution in [1.29, 1.82) is 0 Å². The van der Waals surface area contributed by atoms with E-state index in [2.05, 4.69) is 0 Å². The molecule has 0 heterocycles. The fraction of sp³-hybridized carbons (Fsp3) is 0.438. The van der Waals surface area contributed by atoms with Crippen LogP contribution < -0.4 is 4.74 Å². The zero-order chi connectivity index (χ0) is 18.2. The Labute approximate surface area is 141 Å². The van der Waals surface area contributed by atoms with Gasteiger partial charge in [0.1, 0.15) is 5.31 Å². The van der Waals surface area contributed by atoms with Crippen molar-refractivity contribution in [2.24, 2.45) is 0 Å². The van der Waals surface area contributed by atoms with Crippen molar-refractivity contribution in [3.63, 3.8) is 0 Å². The molecular formula is C16H23O7P. The van der Waals surface area contributed by atoms with Crippen LogP contribution in [0.1, 0.15) is 26.3 Å². The number of carbonyl (C=O) groups excluding carboxylic acids is 1. The molecule has 0 radical (unpaired) electrons. The van der Waals surface area contributed by atoms with E-state index < -0.39 is 13.6 Å². The molecule has 24 heavy (non-hydrogen) atoms. The Balaban J connectivity index is 3.41. The van der Waals surface area contributed by atoms with Crippen LogP contribution in [-0.4, -0.2) is 38.0 Å². The fourth-order valence-corrected chi connectivity index (χ4v) is 3.54. The van der Waals surface area contributed by atoms with E-state index in [-0.39, 0.29) is 36.6 Å². The highest BCUT2D eigenvalue weighted by atomic mass is 31.2. The van der Waals surface area contributed by atoms with Crippen LogP contribution in [0.25, 0.3) is 6.08 Å². The number of hydrogen-bond acceptors (Lipinski definition) is 7. The predicted molar refractivity (Wildman–Crippen MR) is 90.1 cm³/mol. The molecule has 0 saturated carbocycles. The third-order valence-electron chi connectivity index (χ3n) is 2.88. The Hall–Kier alpha value is -1.82.